The lowest BCUT2D eigenvalue weighted by Gasteiger charge is -2.27. The topological polar surface area (TPSA) is 75.5 Å². The van der Waals surface area contributed by atoms with Crippen molar-refractivity contribution in [2.24, 2.45) is 0 Å². The summed E-state index contributed by atoms with van der Waals surface area (Å²) in [6.45, 7) is 4.60. The second-order valence-electron chi connectivity index (χ2n) is 5.36. The molecule has 0 bridgehead atoms. The van der Waals surface area contributed by atoms with E-state index < -0.39 is 4.92 Å². The third-order valence-electron chi connectivity index (χ3n) is 3.74. The van der Waals surface area contributed by atoms with Gasteiger partial charge >= 0.3 is 0 Å². The summed E-state index contributed by atoms with van der Waals surface area (Å²) in [5.74, 6) is -0.00565. The molecule has 1 atom stereocenters. The summed E-state index contributed by atoms with van der Waals surface area (Å²) in [6.07, 6.45) is 5.16. The van der Waals surface area contributed by atoms with Gasteiger partial charge in [-0.3, -0.25) is 14.9 Å². The lowest BCUT2D eigenvalue weighted by molar-refractivity contribution is -0.384. The Bertz CT molecular complexity index is 548. The molecule has 1 amide bonds. The zero-order valence-corrected chi connectivity index (χ0v) is 12.7. The largest absolute Gasteiger partial charge is 0.335 e. The van der Waals surface area contributed by atoms with Gasteiger partial charge in [-0.25, -0.2) is 0 Å². The van der Waals surface area contributed by atoms with E-state index in [0.29, 0.717) is 0 Å². The number of carbonyl (C=O) groups is 1. The first-order chi connectivity index (χ1) is 10.6. The van der Waals surface area contributed by atoms with E-state index in [-0.39, 0.29) is 17.6 Å². The van der Waals surface area contributed by atoms with Crippen LogP contribution in [0.25, 0.3) is 6.08 Å². The second kappa shape index (κ2) is 7.70. The maximum Gasteiger partial charge on any atom is 0.269 e. The molecule has 1 fully saturated rings. The number of nitro benzene ring substituents is 1. The summed E-state index contributed by atoms with van der Waals surface area (Å²) in [5, 5.41) is 13.9. The average Bonchev–Trinajstić information content (AvgIpc) is 3.04. The number of carbonyl (C=O) groups excluding carboxylic acids is 1. The van der Waals surface area contributed by atoms with Crippen molar-refractivity contribution in [3.63, 3.8) is 0 Å². The van der Waals surface area contributed by atoms with E-state index in [9.17, 15) is 14.9 Å². The molecular weight excluding hydrogens is 282 g/mol. The van der Waals surface area contributed by atoms with Crippen LogP contribution < -0.4 is 5.32 Å². The SMILES string of the molecule is CCCN(C(=O)/C=C/c1ccc([N+](=O)[O-])cc1)C1CCNC1. The Balaban J connectivity index is 2.03. The second-order valence-corrected chi connectivity index (χ2v) is 5.36. The summed E-state index contributed by atoms with van der Waals surface area (Å²) in [4.78, 5) is 24.4. The Labute approximate surface area is 130 Å². The summed E-state index contributed by atoms with van der Waals surface area (Å²) >= 11 is 0. The molecular formula is C16H21N3O3. The number of non-ortho nitro benzene ring substituents is 1. The molecule has 1 heterocycles. The summed E-state index contributed by atoms with van der Waals surface area (Å²) < 4.78 is 0. The van der Waals surface area contributed by atoms with Gasteiger partial charge in [0.1, 0.15) is 0 Å². The van der Waals surface area contributed by atoms with E-state index in [0.717, 1.165) is 38.0 Å². The van der Waals surface area contributed by atoms with Gasteiger partial charge in [-0.05, 0) is 43.2 Å². The van der Waals surface area contributed by atoms with Crippen molar-refractivity contribution in [1.29, 1.82) is 0 Å². The standard InChI is InChI=1S/C16H21N3O3/c1-2-11-18(15-9-10-17-12-15)16(20)8-5-13-3-6-14(7-4-13)19(21)22/h3-8,15,17H,2,9-12H2,1H3/b8-5+. The van der Waals surface area contributed by atoms with E-state index >= 15 is 0 Å². The van der Waals surface area contributed by atoms with Gasteiger partial charge in [0.05, 0.1) is 4.92 Å². The van der Waals surface area contributed by atoms with Crippen LogP contribution in [-0.2, 0) is 4.79 Å². The van der Waals surface area contributed by atoms with E-state index in [1.165, 1.54) is 12.1 Å². The minimum absolute atomic E-state index is 0.00565. The summed E-state index contributed by atoms with van der Waals surface area (Å²) in [6, 6.07) is 6.42. The van der Waals surface area contributed by atoms with Gasteiger partial charge in [0.2, 0.25) is 5.91 Å². The molecule has 1 aromatic carbocycles. The first kappa shape index (κ1) is 16.2. The molecule has 1 aromatic rings. The number of amides is 1. The average molecular weight is 303 g/mol. The van der Waals surface area contributed by atoms with Crippen molar-refractivity contribution in [3.8, 4) is 0 Å². The smallest absolute Gasteiger partial charge is 0.269 e. The minimum atomic E-state index is -0.436. The number of hydrogen-bond acceptors (Lipinski definition) is 4. The van der Waals surface area contributed by atoms with Crippen molar-refractivity contribution >= 4 is 17.7 Å². The van der Waals surface area contributed by atoms with E-state index in [2.05, 4.69) is 12.2 Å². The molecule has 1 N–H and O–H groups in total. The number of benzene rings is 1. The predicted octanol–water partition coefficient (Wildman–Crippen LogP) is 2.21. The number of rotatable bonds is 6. The Morgan fingerprint density at radius 1 is 1.45 bits per heavy atom. The molecule has 1 aliphatic rings. The minimum Gasteiger partial charge on any atom is -0.335 e. The van der Waals surface area contributed by atoms with Crippen molar-refractivity contribution in [2.75, 3.05) is 19.6 Å². The van der Waals surface area contributed by atoms with Crippen LogP contribution in [0.1, 0.15) is 25.3 Å². The van der Waals surface area contributed by atoms with E-state index in [1.807, 2.05) is 4.90 Å². The highest BCUT2D eigenvalue weighted by Gasteiger charge is 2.24. The first-order valence-corrected chi connectivity index (χ1v) is 7.55. The Morgan fingerprint density at radius 3 is 2.73 bits per heavy atom. The summed E-state index contributed by atoms with van der Waals surface area (Å²) in [5.41, 5.74) is 0.827. The lowest BCUT2D eigenvalue weighted by Crippen LogP contribution is -2.41. The highest BCUT2D eigenvalue weighted by molar-refractivity contribution is 5.92. The molecule has 0 spiro atoms. The zero-order valence-electron chi connectivity index (χ0n) is 12.7. The van der Waals surface area contributed by atoms with Crippen LogP contribution in [0.15, 0.2) is 30.3 Å². The summed E-state index contributed by atoms with van der Waals surface area (Å²) in [7, 11) is 0. The fourth-order valence-corrected chi connectivity index (χ4v) is 2.59. The molecule has 6 nitrogen and oxygen atoms in total. The molecule has 2 rings (SSSR count). The third kappa shape index (κ3) is 4.14. The van der Waals surface area contributed by atoms with Crippen molar-refractivity contribution < 1.29 is 9.72 Å². The molecule has 0 aliphatic carbocycles. The van der Waals surface area contributed by atoms with Crippen molar-refractivity contribution in [1.82, 2.24) is 10.2 Å². The van der Waals surface area contributed by atoms with E-state index in [4.69, 9.17) is 0 Å². The van der Waals surface area contributed by atoms with Gasteiger partial charge in [0, 0.05) is 37.3 Å². The first-order valence-electron chi connectivity index (χ1n) is 7.55. The van der Waals surface area contributed by atoms with Crippen LogP contribution in [0.4, 0.5) is 5.69 Å². The number of hydrogen-bond donors (Lipinski definition) is 1. The molecule has 22 heavy (non-hydrogen) atoms. The molecule has 1 unspecified atom stereocenters. The third-order valence-corrected chi connectivity index (χ3v) is 3.74. The van der Waals surface area contributed by atoms with Crippen molar-refractivity contribution in [3.05, 3.63) is 46.0 Å². The van der Waals surface area contributed by atoms with Gasteiger partial charge in [-0.1, -0.05) is 6.92 Å². The molecule has 1 saturated heterocycles. The fourth-order valence-electron chi connectivity index (χ4n) is 2.59. The van der Waals surface area contributed by atoms with Gasteiger partial charge in [0.25, 0.3) is 5.69 Å². The van der Waals surface area contributed by atoms with Crippen LogP contribution in [0.5, 0.6) is 0 Å². The van der Waals surface area contributed by atoms with Crippen LogP contribution in [0.3, 0.4) is 0 Å². The number of nitrogens with one attached hydrogen (secondary N) is 1. The maximum absolute atomic E-state index is 12.4. The van der Waals surface area contributed by atoms with Gasteiger partial charge in [0.15, 0.2) is 0 Å². The van der Waals surface area contributed by atoms with Crippen LogP contribution >= 0.6 is 0 Å². The van der Waals surface area contributed by atoms with Gasteiger partial charge in [-0.2, -0.15) is 0 Å². The van der Waals surface area contributed by atoms with Gasteiger partial charge in [-0.15, -0.1) is 0 Å². The maximum atomic E-state index is 12.4. The number of nitrogens with zero attached hydrogens (tertiary/aromatic N) is 2. The quantitative estimate of drug-likeness (QED) is 0.496. The van der Waals surface area contributed by atoms with Gasteiger partial charge < -0.3 is 10.2 Å². The Morgan fingerprint density at radius 2 is 2.18 bits per heavy atom. The van der Waals surface area contributed by atoms with E-state index in [1.54, 1.807) is 24.3 Å². The zero-order chi connectivity index (χ0) is 15.9. The highest BCUT2D eigenvalue weighted by Crippen LogP contribution is 2.14. The van der Waals surface area contributed by atoms with Crippen LogP contribution in [-0.4, -0.2) is 41.4 Å². The predicted molar refractivity (Wildman–Crippen MR) is 85.4 cm³/mol. The lowest BCUT2D eigenvalue weighted by atomic mass is 10.1. The molecule has 6 heteroatoms. The normalized spacial score (nSPS) is 17.8. The van der Waals surface area contributed by atoms with Crippen LogP contribution in [0, 0.1) is 10.1 Å². The fraction of sp³-hybridized carbons (Fsp3) is 0.438. The molecule has 0 aromatic heterocycles. The molecule has 118 valence electrons. The molecule has 0 radical (unpaired) electrons. The monoisotopic (exact) mass is 303 g/mol. The molecule has 1 aliphatic heterocycles. The highest BCUT2D eigenvalue weighted by atomic mass is 16.6. The Hall–Kier alpha value is -2.21. The Kier molecular flexibility index (Phi) is 5.66. The number of nitro groups is 1. The van der Waals surface area contributed by atoms with Crippen molar-refractivity contribution in [2.45, 2.75) is 25.8 Å². The molecule has 0 saturated carbocycles. The van der Waals surface area contributed by atoms with Crippen LogP contribution in [0.2, 0.25) is 0 Å².